The lowest BCUT2D eigenvalue weighted by Gasteiger charge is -2.33. The van der Waals surface area contributed by atoms with Crippen LogP contribution in [0.2, 0.25) is 0 Å². The van der Waals surface area contributed by atoms with E-state index in [0.717, 1.165) is 54.5 Å². The summed E-state index contributed by atoms with van der Waals surface area (Å²) in [4.78, 5) is 18.8. The van der Waals surface area contributed by atoms with E-state index in [9.17, 15) is 4.79 Å². The molecule has 4 heterocycles. The van der Waals surface area contributed by atoms with Crippen molar-refractivity contribution >= 4 is 17.7 Å². The molecule has 0 spiro atoms. The van der Waals surface area contributed by atoms with E-state index < -0.39 is 0 Å². The summed E-state index contributed by atoms with van der Waals surface area (Å²) in [5, 5.41) is 9.73. The topological polar surface area (TPSA) is 73.1 Å². The van der Waals surface area contributed by atoms with E-state index in [-0.39, 0.29) is 17.9 Å². The first-order valence-electron chi connectivity index (χ1n) is 9.54. The number of carbonyl (C=O) groups excluding carboxylic acids is 1. The molecule has 2 fully saturated rings. The van der Waals surface area contributed by atoms with Gasteiger partial charge in [0.15, 0.2) is 5.16 Å². The standard InChI is InChI=1S/C19H25N5O2S/c1-23-17(21-22-19(23)27-13-14-5-2-8-20-11-14)15-6-3-9-24(12-15)18(25)16-7-4-10-26-16/h2,5,8,11,15-16H,3-4,6-7,9-10,12-13H2,1H3. The summed E-state index contributed by atoms with van der Waals surface area (Å²) in [6.07, 6.45) is 7.27. The molecule has 144 valence electrons. The molecule has 2 saturated heterocycles. The van der Waals surface area contributed by atoms with E-state index in [0.29, 0.717) is 13.2 Å². The maximum Gasteiger partial charge on any atom is 0.251 e. The van der Waals surface area contributed by atoms with Gasteiger partial charge in [-0.2, -0.15) is 0 Å². The Kier molecular flexibility index (Phi) is 5.73. The first-order valence-corrected chi connectivity index (χ1v) is 10.5. The van der Waals surface area contributed by atoms with Gasteiger partial charge >= 0.3 is 0 Å². The summed E-state index contributed by atoms with van der Waals surface area (Å²) in [7, 11) is 2.02. The minimum Gasteiger partial charge on any atom is -0.368 e. The van der Waals surface area contributed by atoms with Crippen molar-refractivity contribution in [1.82, 2.24) is 24.6 Å². The van der Waals surface area contributed by atoms with Crippen LogP contribution in [0.25, 0.3) is 0 Å². The van der Waals surface area contributed by atoms with E-state index in [1.165, 1.54) is 0 Å². The lowest BCUT2D eigenvalue weighted by molar-refractivity contribution is -0.142. The third-order valence-corrected chi connectivity index (χ3v) is 6.35. The van der Waals surface area contributed by atoms with Gasteiger partial charge in [-0.3, -0.25) is 9.78 Å². The zero-order valence-corrected chi connectivity index (χ0v) is 16.4. The summed E-state index contributed by atoms with van der Waals surface area (Å²) in [5.74, 6) is 2.15. The maximum atomic E-state index is 12.7. The normalized spacial score (nSPS) is 22.9. The fourth-order valence-electron chi connectivity index (χ4n) is 3.80. The third-order valence-electron chi connectivity index (χ3n) is 5.26. The van der Waals surface area contributed by atoms with Crippen molar-refractivity contribution in [3.8, 4) is 0 Å². The highest BCUT2D eigenvalue weighted by Crippen LogP contribution is 2.29. The average molecular weight is 388 g/mol. The number of nitrogens with zero attached hydrogens (tertiary/aromatic N) is 5. The van der Waals surface area contributed by atoms with E-state index >= 15 is 0 Å². The van der Waals surface area contributed by atoms with Crippen molar-refractivity contribution in [2.24, 2.45) is 7.05 Å². The monoisotopic (exact) mass is 387 g/mol. The van der Waals surface area contributed by atoms with Crippen LogP contribution in [0.5, 0.6) is 0 Å². The van der Waals surface area contributed by atoms with Crippen LogP contribution in [-0.2, 0) is 22.3 Å². The van der Waals surface area contributed by atoms with Crippen molar-refractivity contribution in [3.63, 3.8) is 0 Å². The van der Waals surface area contributed by atoms with E-state index in [1.807, 2.05) is 24.2 Å². The Bertz CT molecular complexity index is 776. The van der Waals surface area contributed by atoms with Gasteiger partial charge in [0.25, 0.3) is 5.91 Å². The van der Waals surface area contributed by atoms with Crippen LogP contribution in [0.3, 0.4) is 0 Å². The molecular weight excluding hydrogens is 362 g/mol. The second-order valence-electron chi connectivity index (χ2n) is 7.17. The molecule has 0 N–H and O–H groups in total. The van der Waals surface area contributed by atoms with Crippen LogP contribution >= 0.6 is 11.8 Å². The molecule has 27 heavy (non-hydrogen) atoms. The molecule has 4 rings (SSSR count). The molecule has 2 aliphatic heterocycles. The van der Waals surface area contributed by atoms with Gasteiger partial charge in [0.05, 0.1) is 0 Å². The summed E-state index contributed by atoms with van der Waals surface area (Å²) >= 11 is 1.66. The van der Waals surface area contributed by atoms with Crippen LogP contribution in [0, 0.1) is 0 Å². The number of hydrogen-bond donors (Lipinski definition) is 0. The number of hydrogen-bond acceptors (Lipinski definition) is 6. The predicted octanol–water partition coefficient (Wildman–Crippen LogP) is 2.39. The van der Waals surface area contributed by atoms with Crippen LogP contribution < -0.4 is 0 Å². The number of ether oxygens (including phenoxy) is 1. The van der Waals surface area contributed by atoms with E-state index in [2.05, 4.69) is 25.8 Å². The molecule has 0 saturated carbocycles. The number of likely N-dealkylation sites (tertiary alicyclic amines) is 1. The number of rotatable bonds is 5. The molecule has 7 nitrogen and oxygen atoms in total. The van der Waals surface area contributed by atoms with Crippen LogP contribution in [-0.4, -0.2) is 56.4 Å². The fourth-order valence-corrected chi connectivity index (χ4v) is 4.66. The Hall–Kier alpha value is -1.93. The molecule has 2 unspecified atom stereocenters. The number of aromatic nitrogens is 4. The molecule has 0 aliphatic carbocycles. The number of piperidine rings is 1. The fraction of sp³-hybridized carbons (Fsp3) is 0.579. The molecule has 2 aliphatic rings. The molecular formula is C19H25N5O2S. The van der Waals surface area contributed by atoms with Gasteiger partial charge in [-0.05, 0) is 37.3 Å². The molecule has 8 heteroatoms. The quantitative estimate of drug-likeness (QED) is 0.734. The highest BCUT2D eigenvalue weighted by Gasteiger charge is 2.33. The second-order valence-corrected chi connectivity index (χ2v) is 8.12. The second kappa shape index (κ2) is 8.39. The van der Waals surface area contributed by atoms with Crippen LogP contribution in [0.15, 0.2) is 29.7 Å². The first kappa shape index (κ1) is 18.4. The summed E-state index contributed by atoms with van der Waals surface area (Å²) in [5.41, 5.74) is 1.16. The van der Waals surface area contributed by atoms with Gasteiger partial charge in [-0.15, -0.1) is 10.2 Å². The lowest BCUT2D eigenvalue weighted by atomic mass is 9.96. The molecule has 1 amide bonds. The Balaban J connectivity index is 1.40. The minimum absolute atomic E-state index is 0.144. The molecule has 0 bridgehead atoms. The van der Waals surface area contributed by atoms with Gasteiger partial charge in [0.1, 0.15) is 11.9 Å². The molecule has 0 aromatic carbocycles. The average Bonchev–Trinajstić information content (AvgIpc) is 3.37. The van der Waals surface area contributed by atoms with Crippen molar-refractivity contribution in [2.45, 2.75) is 48.6 Å². The summed E-state index contributed by atoms with van der Waals surface area (Å²) in [6, 6.07) is 4.01. The number of thioether (sulfide) groups is 1. The van der Waals surface area contributed by atoms with Crippen molar-refractivity contribution in [1.29, 1.82) is 0 Å². The van der Waals surface area contributed by atoms with Gasteiger partial charge in [-0.25, -0.2) is 0 Å². The molecule has 2 aromatic rings. The van der Waals surface area contributed by atoms with E-state index in [1.54, 1.807) is 18.0 Å². The molecule has 0 radical (unpaired) electrons. The molecule has 2 atom stereocenters. The largest absolute Gasteiger partial charge is 0.368 e. The van der Waals surface area contributed by atoms with Gasteiger partial charge in [0.2, 0.25) is 0 Å². The highest BCUT2D eigenvalue weighted by atomic mass is 32.2. The summed E-state index contributed by atoms with van der Waals surface area (Å²) in [6.45, 7) is 2.22. The number of pyridine rings is 1. The smallest absolute Gasteiger partial charge is 0.251 e. The Labute approximate surface area is 163 Å². The Morgan fingerprint density at radius 1 is 1.33 bits per heavy atom. The maximum absolute atomic E-state index is 12.7. The Morgan fingerprint density at radius 3 is 3.04 bits per heavy atom. The number of amides is 1. The SMILES string of the molecule is Cn1c(SCc2cccnc2)nnc1C1CCCN(C(=O)C2CCCO2)C1. The predicted molar refractivity (Wildman–Crippen MR) is 102 cm³/mol. The van der Waals surface area contributed by atoms with Crippen molar-refractivity contribution in [3.05, 3.63) is 35.9 Å². The van der Waals surface area contributed by atoms with Crippen molar-refractivity contribution in [2.75, 3.05) is 19.7 Å². The zero-order chi connectivity index (χ0) is 18.6. The van der Waals surface area contributed by atoms with Gasteiger partial charge in [0, 0.05) is 50.8 Å². The Morgan fingerprint density at radius 2 is 2.26 bits per heavy atom. The van der Waals surface area contributed by atoms with Gasteiger partial charge in [-0.1, -0.05) is 17.8 Å². The first-order chi connectivity index (χ1) is 13.2. The third kappa shape index (κ3) is 4.16. The van der Waals surface area contributed by atoms with Gasteiger partial charge < -0.3 is 14.2 Å². The summed E-state index contributed by atoms with van der Waals surface area (Å²) < 4.78 is 7.65. The van der Waals surface area contributed by atoms with Crippen LogP contribution in [0.4, 0.5) is 0 Å². The molecule has 2 aromatic heterocycles. The van der Waals surface area contributed by atoms with Crippen LogP contribution in [0.1, 0.15) is 43.0 Å². The lowest BCUT2D eigenvalue weighted by Crippen LogP contribution is -2.44. The minimum atomic E-state index is -0.242. The highest BCUT2D eigenvalue weighted by molar-refractivity contribution is 7.98. The zero-order valence-electron chi connectivity index (χ0n) is 15.6. The number of carbonyl (C=O) groups is 1. The van der Waals surface area contributed by atoms with E-state index in [4.69, 9.17) is 4.74 Å². The van der Waals surface area contributed by atoms with Crippen molar-refractivity contribution < 1.29 is 9.53 Å².